The maximum atomic E-state index is 14.3. The van der Waals surface area contributed by atoms with Crippen LogP contribution in [0.25, 0.3) is 0 Å². The molecule has 12 heteroatoms. The lowest BCUT2D eigenvalue weighted by Gasteiger charge is -2.41. The Morgan fingerprint density at radius 3 is 2.13 bits per heavy atom. The number of amides is 4. The molecule has 0 radical (unpaired) electrons. The van der Waals surface area contributed by atoms with Crippen LogP contribution in [0, 0.1) is 25.7 Å². The van der Waals surface area contributed by atoms with E-state index in [1.807, 2.05) is 72.2 Å². The van der Waals surface area contributed by atoms with E-state index < -0.39 is 12.2 Å². The number of piperidine rings is 3. The van der Waals surface area contributed by atoms with Gasteiger partial charge in [0.15, 0.2) is 6.10 Å². The fraction of sp³-hybridized carbons (Fsp3) is 0.542. The minimum Gasteiger partial charge on any atom is -0.507 e. The van der Waals surface area contributed by atoms with Crippen molar-refractivity contribution < 1.29 is 33.8 Å². The SMILES string of the molecule is C.Cc1cc(C[C@@H](OC(=O)N2CCC(N3CCc4ccccc4NC3=O)CC2)C(=O)N2CCC(C3CCN(CC(=O)Oc4ccc5c(c4)CCC5)CC3)CC2)cc(C)c1O. The van der Waals surface area contributed by atoms with E-state index in [4.69, 9.17) is 9.47 Å². The lowest BCUT2D eigenvalue weighted by atomic mass is 9.78. The highest BCUT2D eigenvalue weighted by Gasteiger charge is 2.37. The molecule has 0 aromatic heterocycles. The standard InChI is InChI=1S/C47H59N5O7.CH4/c1-31-26-33(27-32(2)44(31)54)28-42(59-47(57)51-23-17-39(18-24-51)52-25-16-37-6-3-4-9-41(37)48-46(52)56)45(55)50-21-14-36(15-22-50)35-12-19-49(20-13-35)30-43(53)58-40-11-10-34-7-5-8-38(34)29-40;/h3-4,6,9-11,26-27,29,35-36,39,42,54H,5,7-8,12-25,28,30H2,1-2H3,(H,48,56);1H4/t42-;/m1./s1. The molecule has 1 atom stereocenters. The van der Waals surface area contributed by atoms with Crippen LogP contribution in [0.1, 0.15) is 85.8 Å². The molecule has 4 amide bonds. The minimum atomic E-state index is -1.00. The summed E-state index contributed by atoms with van der Waals surface area (Å²) in [7, 11) is 0. The maximum absolute atomic E-state index is 14.3. The molecule has 4 aliphatic heterocycles. The van der Waals surface area contributed by atoms with Crippen LogP contribution < -0.4 is 10.1 Å². The number of anilines is 1. The van der Waals surface area contributed by atoms with Gasteiger partial charge in [0.1, 0.15) is 11.5 Å². The van der Waals surface area contributed by atoms with Gasteiger partial charge in [-0.15, -0.1) is 0 Å². The van der Waals surface area contributed by atoms with Crippen LogP contribution in [0.4, 0.5) is 15.3 Å². The van der Waals surface area contributed by atoms with Gasteiger partial charge in [-0.2, -0.15) is 0 Å². The van der Waals surface area contributed by atoms with Gasteiger partial charge < -0.3 is 34.6 Å². The van der Waals surface area contributed by atoms with Crippen molar-refractivity contribution in [1.29, 1.82) is 0 Å². The number of aryl methyl sites for hydroxylation is 4. The number of nitrogens with zero attached hydrogens (tertiary/aromatic N) is 4. The second-order valence-electron chi connectivity index (χ2n) is 17.4. The molecule has 0 bridgehead atoms. The predicted octanol–water partition coefficient (Wildman–Crippen LogP) is 7.29. The van der Waals surface area contributed by atoms with E-state index in [2.05, 4.69) is 16.3 Å². The van der Waals surface area contributed by atoms with Crippen LogP contribution in [0.2, 0.25) is 0 Å². The monoisotopic (exact) mass is 821 g/mol. The fourth-order valence-corrected chi connectivity index (χ4v) is 10.2. The number of carbonyl (C=O) groups is 4. The van der Waals surface area contributed by atoms with E-state index in [1.54, 1.807) is 4.90 Å². The number of benzene rings is 3. The quantitative estimate of drug-likeness (QED) is 0.170. The second kappa shape index (κ2) is 19.1. The number of hydrogen-bond donors (Lipinski definition) is 2. The number of para-hydroxylation sites is 1. The number of fused-ring (bicyclic) bond motifs is 2. The summed E-state index contributed by atoms with van der Waals surface area (Å²) in [4.78, 5) is 61.6. The van der Waals surface area contributed by atoms with Crippen LogP contribution in [-0.2, 0) is 40.0 Å². The lowest BCUT2D eigenvalue weighted by Crippen LogP contribution is -2.52. The fourth-order valence-electron chi connectivity index (χ4n) is 10.2. The van der Waals surface area contributed by atoms with Gasteiger partial charge in [0.25, 0.3) is 5.91 Å². The van der Waals surface area contributed by atoms with Crippen molar-refractivity contribution >= 4 is 29.7 Å². The normalized spacial score (nSPS) is 19.7. The van der Waals surface area contributed by atoms with E-state index in [-0.39, 0.29) is 43.5 Å². The summed E-state index contributed by atoms with van der Waals surface area (Å²) in [6.07, 6.45) is 7.82. The topological polar surface area (TPSA) is 132 Å². The van der Waals surface area contributed by atoms with Crippen LogP contribution in [0.5, 0.6) is 11.5 Å². The molecular formula is C48H63N5O7. The van der Waals surface area contributed by atoms with Crippen LogP contribution >= 0.6 is 0 Å². The Morgan fingerprint density at radius 1 is 0.767 bits per heavy atom. The number of likely N-dealkylation sites (tertiary alicyclic amines) is 3. The van der Waals surface area contributed by atoms with Gasteiger partial charge in [-0.05, 0) is 155 Å². The number of phenolic OH excluding ortho intramolecular Hbond substituents is 1. The molecule has 8 rings (SSSR count). The van der Waals surface area contributed by atoms with Gasteiger partial charge in [0, 0.05) is 50.9 Å². The zero-order chi connectivity index (χ0) is 41.0. The molecule has 12 nitrogen and oxygen atoms in total. The number of aromatic hydroxyl groups is 1. The Hall–Kier alpha value is -5.10. The molecule has 0 saturated carbocycles. The average molecular weight is 822 g/mol. The Bertz CT molecular complexity index is 2010. The average Bonchev–Trinajstić information content (AvgIpc) is 3.64. The van der Waals surface area contributed by atoms with Crippen LogP contribution in [-0.4, -0.2) is 113 Å². The highest BCUT2D eigenvalue weighted by molar-refractivity contribution is 5.91. The molecule has 5 aliphatic rings. The van der Waals surface area contributed by atoms with Gasteiger partial charge in [-0.3, -0.25) is 14.5 Å². The molecule has 3 aromatic carbocycles. The van der Waals surface area contributed by atoms with Crippen molar-refractivity contribution in [2.45, 2.75) is 104 Å². The first kappa shape index (κ1) is 43.0. The number of hydrogen-bond acceptors (Lipinski definition) is 8. The molecule has 1 aliphatic carbocycles. The molecule has 60 heavy (non-hydrogen) atoms. The van der Waals surface area contributed by atoms with E-state index in [1.165, 1.54) is 11.1 Å². The highest BCUT2D eigenvalue weighted by Crippen LogP contribution is 2.34. The molecule has 2 N–H and O–H groups in total. The molecule has 4 heterocycles. The number of rotatable bonds is 9. The molecule has 322 valence electrons. The van der Waals surface area contributed by atoms with Gasteiger partial charge >= 0.3 is 18.1 Å². The molecule has 0 spiro atoms. The van der Waals surface area contributed by atoms with Crippen molar-refractivity contribution in [3.8, 4) is 11.5 Å². The first-order chi connectivity index (χ1) is 28.6. The number of nitrogens with one attached hydrogen (secondary N) is 1. The summed E-state index contributed by atoms with van der Waals surface area (Å²) in [6, 6.07) is 17.5. The van der Waals surface area contributed by atoms with Crippen molar-refractivity contribution in [3.05, 3.63) is 88.0 Å². The van der Waals surface area contributed by atoms with Gasteiger partial charge in [0.05, 0.1) is 6.54 Å². The Balaban J connectivity index is 0.00000544. The molecule has 3 fully saturated rings. The van der Waals surface area contributed by atoms with Crippen molar-refractivity contribution in [3.63, 3.8) is 0 Å². The summed E-state index contributed by atoms with van der Waals surface area (Å²) in [5, 5.41) is 13.5. The van der Waals surface area contributed by atoms with Crippen LogP contribution in [0.15, 0.2) is 54.6 Å². The smallest absolute Gasteiger partial charge is 0.410 e. The Morgan fingerprint density at radius 2 is 1.42 bits per heavy atom. The number of carbonyl (C=O) groups excluding carboxylic acids is 4. The summed E-state index contributed by atoms with van der Waals surface area (Å²) in [6.45, 7) is 8.33. The van der Waals surface area contributed by atoms with E-state index >= 15 is 0 Å². The van der Waals surface area contributed by atoms with Crippen molar-refractivity contribution in [2.75, 3.05) is 57.7 Å². The van der Waals surface area contributed by atoms with E-state index in [9.17, 15) is 24.3 Å². The van der Waals surface area contributed by atoms with Crippen LogP contribution in [0.3, 0.4) is 0 Å². The molecule has 3 saturated heterocycles. The number of esters is 1. The lowest BCUT2D eigenvalue weighted by molar-refractivity contribution is -0.142. The third-order valence-corrected chi connectivity index (χ3v) is 13.6. The van der Waals surface area contributed by atoms with Gasteiger partial charge in [-0.25, -0.2) is 9.59 Å². The summed E-state index contributed by atoms with van der Waals surface area (Å²) < 4.78 is 11.8. The zero-order valence-electron chi connectivity index (χ0n) is 34.6. The molecule has 0 unspecified atom stereocenters. The number of ether oxygens (including phenoxy) is 2. The largest absolute Gasteiger partial charge is 0.507 e. The minimum absolute atomic E-state index is 0. The molecule has 3 aromatic rings. The Labute approximate surface area is 355 Å². The summed E-state index contributed by atoms with van der Waals surface area (Å²) >= 11 is 0. The third-order valence-electron chi connectivity index (χ3n) is 13.6. The maximum Gasteiger partial charge on any atom is 0.410 e. The number of urea groups is 1. The summed E-state index contributed by atoms with van der Waals surface area (Å²) in [5.41, 5.74) is 6.87. The summed E-state index contributed by atoms with van der Waals surface area (Å²) in [5.74, 6) is 1.49. The van der Waals surface area contributed by atoms with E-state index in [0.717, 1.165) is 81.3 Å². The number of phenols is 1. The van der Waals surface area contributed by atoms with Crippen molar-refractivity contribution in [1.82, 2.24) is 19.6 Å². The predicted molar refractivity (Wildman–Crippen MR) is 231 cm³/mol. The first-order valence-corrected chi connectivity index (χ1v) is 21.8. The van der Waals surface area contributed by atoms with E-state index in [0.29, 0.717) is 80.8 Å². The third kappa shape index (κ3) is 9.91. The van der Waals surface area contributed by atoms with Gasteiger partial charge in [0.2, 0.25) is 0 Å². The zero-order valence-corrected chi connectivity index (χ0v) is 34.6. The first-order valence-electron chi connectivity index (χ1n) is 21.8. The Kier molecular flexibility index (Phi) is 13.7. The highest BCUT2D eigenvalue weighted by atomic mass is 16.6. The van der Waals surface area contributed by atoms with Crippen molar-refractivity contribution in [2.24, 2.45) is 11.8 Å². The van der Waals surface area contributed by atoms with Gasteiger partial charge in [-0.1, -0.05) is 43.8 Å². The second-order valence-corrected chi connectivity index (χ2v) is 17.4. The molecular weight excluding hydrogens is 759 g/mol.